The van der Waals surface area contributed by atoms with E-state index in [9.17, 15) is 18.0 Å². The summed E-state index contributed by atoms with van der Waals surface area (Å²) in [6.07, 6.45) is -1.17. The summed E-state index contributed by atoms with van der Waals surface area (Å²) in [7, 11) is 0. The number of piperidine rings is 1. The Labute approximate surface area is 133 Å². The minimum atomic E-state index is -4.30. The molecule has 1 saturated heterocycles. The maximum absolute atomic E-state index is 12.5. The van der Waals surface area contributed by atoms with Gasteiger partial charge in [0.25, 0.3) is 0 Å². The Morgan fingerprint density at radius 2 is 2.00 bits per heavy atom. The number of alkyl halides is 3. The molecular formula is C17H22F3NO2. The van der Waals surface area contributed by atoms with E-state index in [4.69, 9.17) is 5.11 Å². The molecule has 1 aromatic carbocycles. The number of hydrogen-bond donors (Lipinski definition) is 2. The third-order valence-corrected chi connectivity index (χ3v) is 4.69. The predicted octanol–water partition coefficient (Wildman–Crippen LogP) is 3.73. The lowest BCUT2D eigenvalue weighted by molar-refractivity contribution is -0.143. The summed E-state index contributed by atoms with van der Waals surface area (Å²) in [5.74, 6) is -0.963. The van der Waals surface area contributed by atoms with Crippen LogP contribution in [0.5, 0.6) is 0 Å². The standard InChI is InChI=1S/C17H22F3NO2/c1-11(16(22)23)13-8-9-21-15(10-13)7-4-12-2-5-14(6-3-12)17(18,19)20/h2-3,5-6,11,13,15,21H,4,7-10H2,1H3,(H,22,23)/t11?,13-,15+/m1/s1. The summed E-state index contributed by atoms with van der Waals surface area (Å²) in [5.41, 5.74) is 0.237. The molecule has 2 N–H and O–H groups in total. The van der Waals surface area contributed by atoms with Crippen LogP contribution in [0, 0.1) is 11.8 Å². The Hall–Kier alpha value is -1.56. The maximum atomic E-state index is 12.5. The SMILES string of the molecule is CC(C(=O)O)[C@@H]1CCN[C@@H](CCc2ccc(C(F)(F)F)cc2)C1. The molecule has 3 atom stereocenters. The van der Waals surface area contributed by atoms with Gasteiger partial charge in [-0.3, -0.25) is 4.79 Å². The molecule has 1 aliphatic heterocycles. The van der Waals surface area contributed by atoms with Crippen LogP contribution in [-0.4, -0.2) is 23.7 Å². The number of rotatable bonds is 5. The van der Waals surface area contributed by atoms with Gasteiger partial charge in [0, 0.05) is 6.04 Å². The Balaban J connectivity index is 1.87. The molecule has 0 amide bonds. The highest BCUT2D eigenvalue weighted by atomic mass is 19.4. The first-order valence-electron chi connectivity index (χ1n) is 7.89. The van der Waals surface area contributed by atoms with Gasteiger partial charge in [0.05, 0.1) is 11.5 Å². The summed E-state index contributed by atoms with van der Waals surface area (Å²) in [4.78, 5) is 11.1. The van der Waals surface area contributed by atoms with Crippen LogP contribution < -0.4 is 5.32 Å². The molecule has 3 nitrogen and oxygen atoms in total. The summed E-state index contributed by atoms with van der Waals surface area (Å²) in [6.45, 7) is 2.53. The molecule has 128 valence electrons. The van der Waals surface area contributed by atoms with Crippen molar-refractivity contribution < 1.29 is 23.1 Å². The summed E-state index contributed by atoms with van der Waals surface area (Å²) < 4.78 is 37.6. The fourth-order valence-corrected chi connectivity index (χ4v) is 3.12. The Kier molecular flexibility index (Phi) is 5.68. The zero-order valence-electron chi connectivity index (χ0n) is 13.1. The van der Waals surface area contributed by atoms with E-state index in [2.05, 4.69) is 5.32 Å². The molecule has 1 aromatic rings. The highest BCUT2D eigenvalue weighted by molar-refractivity contribution is 5.69. The van der Waals surface area contributed by atoms with Gasteiger partial charge < -0.3 is 10.4 Å². The Bertz CT molecular complexity index is 528. The number of carbonyl (C=O) groups is 1. The molecule has 1 fully saturated rings. The van der Waals surface area contributed by atoms with Gasteiger partial charge in [-0.05, 0) is 55.8 Å². The van der Waals surface area contributed by atoms with Crippen LogP contribution in [0.4, 0.5) is 13.2 Å². The van der Waals surface area contributed by atoms with Crippen LogP contribution in [0.25, 0.3) is 0 Å². The molecular weight excluding hydrogens is 307 g/mol. The van der Waals surface area contributed by atoms with E-state index in [0.717, 1.165) is 43.5 Å². The molecule has 0 bridgehead atoms. The van der Waals surface area contributed by atoms with Crippen LogP contribution in [-0.2, 0) is 17.4 Å². The summed E-state index contributed by atoms with van der Waals surface area (Å²) >= 11 is 0. The number of aryl methyl sites for hydroxylation is 1. The third-order valence-electron chi connectivity index (χ3n) is 4.69. The first-order valence-corrected chi connectivity index (χ1v) is 7.89. The molecule has 0 aliphatic carbocycles. The van der Waals surface area contributed by atoms with Gasteiger partial charge in [-0.2, -0.15) is 13.2 Å². The molecule has 2 rings (SSSR count). The van der Waals surface area contributed by atoms with Crippen molar-refractivity contribution >= 4 is 5.97 Å². The van der Waals surface area contributed by atoms with Crippen molar-refractivity contribution in [3.05, 3.63) is 35.4 Å². The molecule has 0 spiro atoms. The van der Waals surface area contributed by atoms with Crippen molar-refractivity contribution in [3.63, 3.8) is 0 Å². The summed E-state index contributed by atoms with van der Waals surface area (Å²) in [5, 5.41) is 12.5. The van der Waals surface area contributed by atoms with E-state index in [1.807, 2.05) is 0 Å². The van der Waals surface area contributed by atoms with Crippen molar-refractivity contribution in [2.75, 3.05) is 6.54 Å². The van der Waals surface area contributed by atoms with Crippen LogP contribution in [0.2, 0.25) is 0 Å². The monoisotopic (exact) mass is 329 g/mol. The second-order valence-corrected chi connectivity index (χ2v) is 6.30. The highest BCUT2D eigenvalue weighted by Gasteiger charge is 2.30. The normalized spacial score (nSPS) is 23.5. The quantitative estimate of drug-likeness (QED) is 0.865. The minimum Gasteiger partial charge on any atom is -0.481 e. The average molecular weight is 329 g/mol. The van der Waals surface area contributed by atoms with Gasteiger partial charge in [-0.15, -0.1) is 0 Å². The van der Waals surface area contributed by atoms with Crippen molar-refractivity contribution in [2.45, 2.75) is 44.8 Å². The number of hydrogen-bond acceptors (Lipinski definition) is 2. The molecule has 1 aliphatic rings. The van der Waals surface area contributed by atoms with Crippen LogP contribution in [0.1, 0.15) is 37.3 Å². The minimum absolute atomic E-state index is 0.159. The number of carboxylic acid groups (broad SMARTS) is 1. The lowest BCUT2D eigenvalue weighted by atomic mass is 9.81. The van der Waals surface area contributed by atoms with Gasteiger partial charge in [-0.1, -0.05) is 19.1 Å². The number of nitrogens with one attached hydrogen (secondary N) is 1. The Morgan fingerprint density at radius 3 is 2.57 bits per heavy atom. The Morgan fingerprint density at radius 1 is 1.35 bits per heavy atom. The van der Waals surface area contributed by atoms with Crippen LogP contribution in [0.15, 0.2) is 24.3 Å². The van der Waals surface area contributed by atoms with Crippen molar-refractivity contribution in [1.29, 1.82) is 0 Å². The molecule has 1 unspecified atom stereocenters. The maximum Gasteiger partial charge on any atom is 0.416 e. The van der Waals surface area contributed by atoms with E-state index in [0.29, 0.717) is 6.42 Å². The number of carboxylic acids is 1. The van der Waals surface area contributed by atoms with E-state index < -0.39 is 17.7 Å². The predicted molar refractivity (Wildman–Crippen MR) is 81.1 cm³/mol. The number of halogens is 3. The molecule has 0 aromatic heterocycles. The zero-order valence-corrected chi connectivity index (χ0v) is 13.1. The van der Waals surface area contributed by atoms with E-state index >= 15 is 0 Å². The van der Waals surface area contributed by atoms with Gasteiger partial charge in [-0.25, -0.2) is 0 Å². The van der Waals surface area contributed by atoms with Gasteiger partial charge in [0.15, 0.2) is 0 Å². The van der Waals surface area contributed by atoms with Gasteiger partial charge in [0.1, 0.15) is 0 Å². The molecule has 1 heterocycles. The zero-order chi connectivity index (χ0) is 17.0. The van der Waals surface area contributed by atoms with E-state index in [1.54, 1.807) is 6.92 Å². The number of aliphatic carboxylic acids is 1. The molecule has 0 radical (unpaired) electrons. The lowest BCUT2D eigenvalue weighted by Gasteiger charge is -2.32. The molecule has 0 saturated carbocycles. The van der Waals surface area contributed by atoms with Crippen molar-refractivity contribution in [1.82, 2.24) is 5.32 Å². The summed E-state index contributed by atoms with van der Waals surface area (Å²) in [6, 6.07) is 5.47. The molecule has 6 heteroatoms. The average Bonchev–Trinajstić information content (AvgIpc) is 2.52. The highest BCUT2D eigenvalue weighted by Crippen LogP contribution is 2.30. The first-order chi connectivity index (χ1) is 10.8. The van der Waals surface area contributed by atoms with E-state index in [-0.39, 0.29) is 17.9 Å². The number of benzene rings is 1. The fraction of sp³-hybridized carbons (Fsp3) is 0.588. The fourth-order valence-electron chi connectivity index (χ4n) is 3.12. The second-order valence-electron chi connectivity index (χ2n) is 6.30. The largest absolute Gasteiger partial charge is 0.481 e. The van der Waals surface area contributed by atoms with Crippen LogP contribution in [0.3, 0.4) is 0 Å². The second kappa shape index (κ2) is 7.34. The van der Waals surface area contributed by atoms with Crippen LogP contribution >= 0.6 is 0 Å². The third kappa shape index (κ3) is 4.96. The van der Waals surface area contributed by atoms with Gasteiger partial charge in [0.2, 0.25) is 0 Å². The van der Waals surface area contributed by atoms with Crippen molar-refractivity contribution in [2.24, 2.45) is 11.8 Å². The molecule has 23 heavy (non-hydrogen) atoms. The lowest BCUT2D eigenvalue weighted by Crippen LogP contribution is -2.41. The topological polar surface area (TPSA) is 49.3 Å². The smallest absolute Gasteiger partial charge is 0.416 e. The van der Waals surface area contributed by atoms with Crippen molar-refractivity contribution in [3.8, 4) is 0 Å². The first kappa shape index (κ1) is 17.8. The van der Waals surface area contributed by atoms with E-state index in [1.165, 1.54) is 12.1 Å². The van der Waals surface area contributed by atoms with Gasteiger partial charge >= 0.3 is 12.1 Å².